The molecule has 0 aliphatic carbocycles. The van der Waals surface area contributed by atoms with Crippen LogP contribution < -0.4 is 16.3 Å². The lowest BCUT2D eigenvalue weighted by Crippen LogP contribution is -2.32. The molecule has 1 heterocycles. The summed E-state index contributed by atoms with van der Waals surface area (Å²) in [6.07, 6.45) is 4.89. The van der Waals surface area contributed by atoms with E-state index in [2.05, 4.69) is 49.3 Å². The first-order valence-corrected chi connectivity index (χ1v) is 14.3. The van der Waals surface area contributed by atoms with Gasteiger partial charge in [-0.2, -0.15) is 0 Å². The summed E-state index contributed by atoms with van der Waals surface area (Å²) in [6, 6.07) is 14.6. The second-order valence-electron chi connectivity index (χ2n) is 10.8. The molecule has 1 unspecified atom stereocenters. The highest BCUT2D eigenvalue weighted by molar-refractivity contribution is 7.97. The number of nitrogens with zero attached hydrogens (tertiary/aromatic N) is 2. The van der Waals surface area contributed by atoms with Crippen LogP contribution in [0, 0.1) is 12.3 Å². The molecule has 208 valence electrons. The standard InChI is InChI=1S/C30H44N4O3S/c1-6-16-33(32)19-24(31)14-15-26(30(4,5)29(35)36)22-13-12-21(3)23(17-22)18-34-20-25(7-2)37-27-10-8-9-11-28(27)38-34/h8-13,17,19,25-26H,6-7,14-16,18,20,31-32H2,1-5H3,(H,35,36)/b24-19-/t25-,26?/m1/s1. The molecule has 1 aliphatic heterocycles. The third-order valence-corrected chi connectivity index (χ3v) is 8.38. The van der Waals surface area contributed by atoms with Gasteiger partial charge in [-0.05, 0) is 93.1 Å². The number of carbonyl (C=O) groups is 1. The minimum Gasteiger partial charge on any atom is -0.488 e. The van der Waals surface area contributed by atoms with Gasteiger partial charge in [-0.25, -0.2) is 10.1 Å². The fourth-order valence-corrected chi connectivity index (χ4v) is 5.89. The highest BCUT2D eigenvalue weighted by atomic mass is 32.2. The molecule has 8 heteroatoms. The van der Waals surface area contributed by atoms with E-state index >= 15 is 0 Å². The second kappa shape index (κ2) is 13.4. The van der Waals surface area contributed by atoms with Gasteiger partial charge in [-0.1, -0.05) is 44.2 Å². The molecule has 0 aromatic heterocycles. The largest absolute Gasteiger partial charge is 0.488 e. The van der Waals surface area contributed by atoms with E-state index in [1.165, 1.54) is 11.1 Å². The van der Waals surface area contributed by atoms with Crippen molar-refractivity contribution in [2.24, 2.45) is 17.0 Å². The van der Waals surface area contributed by atoms with Gasteiger partial charge in [0.25, 0.3) is 0 Å². The van der Waals surface area contributed by atoms with E-state index < -0.39 is 11.4 Å². The Kier molecular flexibility index (Phi) is 10.5. The molecule has 0 saturated heterocycles. The van der Waals surface area contributed by atoms with Gasteiger partial charge in [0.15, 0.2) is 0 Å². The average Bonchev–Trinajstić information content (AvgIpc) is 3.04. The lowest BCUT2D eigenvalue weighted by molar-refractivity contribution is -0.148. The van der Waals surface area contributed by atoms with Crippen LogP contribution in [-0.4, -0.2) is 39.6 Å². The molecule has 0 radical (unpaired) electrons. The Morgan fingerprint density at radius 1 is 1.29 bits per heavy atom. The zero-order valence-corrected chi connectivity index (χ0v) is 24.3. The summed E-state index contributed by atoms with van der Waals surface area (Å²) in [5.74, 6) is 5.89. The number of aryl methyl sites for hydroxylation is 1. The zero-order valence-electron chi connectivity index (χ0n) is 23.4. The fraction of sp³-hybridized carbons (Fsp3) is 0.500. The van der Waals surface area contributed by atoms with Crippen molar-refractivity contribution >= 4 is 17.9 Å². The predicted molar refractivity (Wildman–Crippen MR) is 155 cm³/mol. The predicted octanol–water partition coefficient (Wildman–Crippen LogP) is 6.04. The van der Waals surface area contributed by atoms with Crippen LogP contribution >= 0.6 is 11.9 Å². The zero-order chi connectivity index (χ0) is 27.9. The third-order valence-electron chi connectivity index (χ3n) is 7.31. The van der Waals surface area contributed by atoms with Crippen molar-refractivity contribution in [1.82, 2.24) is 9.31 Å². The van der Waals surface area contributed by atoms with E-state index in [9.17, 15) is 9.90 Å². The van der Waals surface area contributed by atoms with Crippen LogP contribution in [0.3, 0.4) is 0 Å². The van der Waals surface area contributed by atoms with Crippen molar-refractivity contribution in [2.45, 2.75) is 83.8 Å². The Labute approximate surface area is 232 Å². The maximum atomic E-state index is 12.3. The molecule has 1 aliphatic rings. The van der Waals surface area contributed by atoms with Crippen molar-refractivity contribution in [3.63, 3.8) is 0 Å². The number of rotatable bonds is 12. The highest BCUT2D eigenvalue weighted by Crippen LogP contribution is 2.41. The van der Waals surface area contributed by atoms with Gasteiger partial charge in [0.2, 0.25) is 0 Å². The van der Waals surface area contributed by atoms with Gasteiger partial charge in [-0.3, -0.25) is 4.79 Å². The molecule has 3 rings (SSSR count). The molecule has 7 nitrogen and oxygen atoms in total. The first-order chi connectivity index (χ1) is 18.0. The summed E-state index contributed by atoms with van der Waals surface area (Å²) < 4.78 is 8.63. The lowest BCUT2D eigenvalue weighted by Gasteiger charge is -2.32. The third kappa shape index (κ3) is 7.68. The van der Waals surface area contributed by atoms with Gasteiger partial charge in [0.1, 0.15) is 11.9 Å². The Morgan fingerprint density at radius 3 is 2.71 bits per heavy atom. The minimum absolute atomic E-state index is 0.109. The van der Waals surface area contributed by atoms with Crippen LogP contribution in [0.4, 0.5) is 0 Å². The highest BCUT2D eigenvalue weighted by Gasteiger charge is 2.38. The SMILES string of the molecule is CCCN(N)/C=C(\N)CCC(c1ccc(C)c(CN2C[C@@H](CC)Oc3ccccc3S2)c1)C(C)(C)C(=O)O. The van der Waals surface area contributed by atoms with Crippen LogP contribution in [0.25, 0.3) is 0 Å². The molecule has 2 aromatic carbocycles. The number of para-hydroxylation sites is 1. The molecular weight excluding hydrogens is 496 g/mol. The first-order valence-electron chi connectivity index (χ1n) is 13.5. The van der Waals surface area contributed by atoms with E-state index in [1.54, 1.807) is 37.0 Å². The van der Waals surface area contributed by atoms with E-state index in [1.807, 2.05) is 18.2 Å². The van der Waals surface area contributed by atoms with Crippen molar-refractivity contribution in [3.8, 4) is 5.75 Å². The van der Waals surface area contributed by atoms with Gasteiger partial charge >= 0.3 is 5.97 Å². The molecule has 0 fully saturated rings. The number of ether oxygens (including phenoxy) is 1. The van der Waals surface area contributed by atoms with Crippen molar-refractivity contribution in [2.75, 3.05) is 13.1 Å². The number of carboxylic acid groups (broad SMARTS) is 1. The maximum Gasteiger partial charge on any atom is 0.309 e. The number of hydrazine groups is 1. The van der Waals surface area contributed by atoms with Crippen LogP contribution in [0.1, 0.15) is 76.0 Å². The normalized spacial score (nSPS) is 17.3. The van der Waals surface area contributed by atoms with E-state index in [0.29, 0.717) is 18.5 Å². The van der Waals surface area contributed by atoms with Crippen molar-refractivity contribution in [3.05, 3.63) is 71.1 Å². The number of nitrogens with two attached hydrogens (primary N) is 2. The topological polar surface area (TPSA) is 105 Å². The Bertz CT molecular complexity index is 1120. The number of hydrogen-bond acceptors (Lipinski definition) is 7. The average molecular weight is 541 g/mol. The van der Waals surface area contributed by atoms with Gasteiger partial charge < -0.3 is 20.6 Å². The Morgan fingerprint density at radius 2 is 2.03 bits per heavy atom. The van der Waals surface area contributed by atoms with Crippen LogP contribution in [0.2, 0.25) is 0 Å². The lowest BCUT2D eigenvalue weighted by atomic mass is 9.72. The van der Waals surface area contributed by atoms with Gasteiger partial charge in [0.05, 0.1) is 10.3 Å². The molecule has 0 saturated carbocycles. The van der Waals surface area contributed by atoms with Crippen LogP contribution in [-0.2, 0) is 11.3 Å². The number of carboxylic acids is 1. The molecule has 5 N–H and O–H groups in total. The Balaban J connectivity index is 1.87. The number of allylic oxidation sites excluding steroid dienone is 1. The molecule has 2 atom stereocenters. The van der Waals surface area contributed by atoms with Crippen LogP contribution in [0.5, 0.6) is 5.75 Å². The molecule has 38 heavy (non-hydrogen) atoms. The Hall–Kier alpha value is -2.68. The van der Waals surface area contributed by atoms with Gasteiger partial charge in [-0.15, -0.1) is 0 Å². The summed E-state index contributed by atoms with van der Waals surface area (Å²) in [6.45, 7) is 12.2. The quantitative estimate of drug-likeness (QED) is 0.170. The number of benzene rings is 2. The van der Waals surface area contributed by atoms with Crippen LogP contribution in [0.15, 0.2) is 59.3 Å². The van der Waals surface area contributed by atoms with Crippen molar-refractivity contribution < 1.29 is 14.6 Å². The number of hydrogen-bond donors (Lipinski definition) is 3. The molecule has 0 bridgehead atoms. The summed E-state index contributed by atoms with van der Waals surface area (Å²) in [5, 5.41) is 11.7. The second-order valence-corrected chi connectivity index (χ2v) is 11.9. The number of fused-ring (bicyclic) bond motifs is 1. The summed E-state index contributed by atoms with van der Waals surface area (Å²) >= 11 is 1.72. The molecule has 0 amide bonds. The maximum absolute atomic E-state index is 12.3. The summed E-state index contributed by atoms with van der Waals surface area (Å²) in [7, 11) is 0. The summed E-state index contributed by atoms with van der Waals surface area (Å²) in [4.78, 5) is 13.4. The fourth-order valence-electron chi connectivity index (χ4n) is 4.83. The smallest absolute Gasteiger partial charge is 0.309 e. The van der Waals surface area contributed by atoms with Crippen molar-refractivity contribution in [1.29, 1.82) is 0 Å². The van der Waals surface area contributed by atoms with E-state index in [4.69, 9.17) is 16.3 Å². The molecule has 2 aromatic rings. The van der Waals surface area contributed by atoms with E-state index in [-0.39, 0.29) is 12.0 Å². The molecule has 0 spiro atoms. The minimum atomic E-state index is -0.962. The van der Waals surface area contributed by atoms with E-state index in [0.717, 1.165) is 48.7 Å². The molecular formula is C30H44N4O3S. The van der Waals surface area contributed by atoms with Gasteiger partial charge in [0, 0.05) is 31.5 Å². The number of aliphatic carboxylic acids is 1. The first kappa shape index (κ1) is 29.9. The summed E-state index contributed by atoms with van der Waals surface area (Å²) in [5.41, 5.74) is 9.37. The monoisotopic (exact) mass is 540 g/mol.